The van der Waals surface area contributed by atoms with Gasteiger partial charge in [0.1, 0.15) is 0 Å². The Bertz CT molecular complexity index is 183. The van der Waals surface area contributed by atoms with Crippen LogP contribution in [0.3, 0.4) is 0 Å². The molecule has 0 spiro atoms. The zero-order chi connectivity index (χ0) is 8.77. The molecular formula is C9H16O3. The smallest absolute Gasteiger partial charge is 0.171 e. The quantitative estimate of drug-likeness (QED) is 0.564. The van der Waals surface area contributed by atoms with Gasteiger partial charge >= 0.3 is 0 Å². The Hall–Kier alpha value is -0.120. The first kappa shape index (κ1) is 8.48. The SMILES string of the molecule is C[C@H]1C[C@@H](O)[C@H]2CCC[C@@]2(O)O1. The number of ether oxygens (including phenoxy) is 1. The monoisotopic (exact) mass is 172 g/mol. The van der Waals surface area contributed by atoms with Crippen molar-refractivity contribution in [2.75, 3.05) is 0 Å². The van der Waals surface area contributed by atoms with Crippen molar-refractivity contribution < 1.29 is 14.9 Å². The van der Waals surface area contributed by atoms with Crippen LogP contribution in [0.5, 0.6) is 0 Å². The standard InChI is InChI=1S/C9H16O3/c1-6-5-8(10)7-3-2-4-9(7,11)12-6/h6-8,10-11H,2-5H2,1H3/t6-,7+,8+,9+/m0/s1. The molecule has 0 aromatic carbocycles. The van der Waals surface area contributed by atoms with Gasteiger partial charge in [0, 0.05) is 12.3 Å². The highest BCUT2D eigenvalue weighted by molar-refractivity contribution is 4.93. The van der Waals surface area contributed by atoms with Crippen molar-refractivity contribution in [3.63, 3.8) is 0 Å². The largest absolute Gasteiger partial charge is 0.393 e. The highest BCUT2D eigenvalue weighted by Gasteiger charge is 2.50. The Morgan fingerprint density at radius 2 is 2.25 bits per heavy atom. The van der Waals surface area contributed by atoms with Crippen LogP contribution in [0.15, 0.2) is 0 Å². The normalized spacial score (nSPS) is 53.8. The molecule has 0 aromatic heterocycles. The summed E-state index contributed by atoms with van der Waals surface area (Å²) in [7, 11) is 0. The fourth-order valence-electron chi connectivity index (χ4n) is 2.53. The number of rotatable bonds is 0. The summed E-state index contributed by atoms with van der Waals surface area (Å²) >= 11 is 0. The van der Waals surface area contributed by atoms with Crippen molar-refractivity contribution in [3.8, 4) is 0 Å². The number of aliphatic hydroxyl groups is 2. The lowest BCUT2D eigenvalue weighted by Crippen LogP contribution is -2.50. The Kier molecular flexibility index (Phi) is 1.90. The summed E-state index contributed by atoms with van der Waals surface area (Å²) in [6, 6.07) is 0. The van der Waals surface area contributed by atoms with Gasteiger partial charge in [0.25, 0.3) is 0 Å². The molecule has 70 valence electrons. The predicted molar refractivity (Wildman–Crippen MR) is 43.5 cm³/mol. The van der Waals surface area contributed by atoms with E-state index < -0.39 is 5.79 Å². The van der Waals surface area contributed by atoms with E-state index in [2.05, 4.69) is 0 Å². The van der Waals surface area contributed by atoms with Crippen molar-refractivity contribution in [2.45, 2.75) is 50.6 Å². The molecule has 1 aliphatic heterocycles. The maximum atomic E-state index is 9.97. The van der Waals surface area contributed by atoms with Gasteiger partial charge in [0.2, 0.25) is 0 Å². The summed E-state index contributed by atoms with van der Waals surface area (Å²) in [5, 5.41) is 19.6. The molecule has 2 fully saturated rings. The van der Waals surface area contributed by atoms with Crippen LogP contribution in [-0.4, -0.2) is 28.2 Å². The van der Waals surface area contributed by atoms with Crippen molar-refractivity contribution in [2.24, 2.45) is 5.92 Å². The molecule has 0 amide bonds. The second-order valence-corrected chi connectivity index (χ2v) is 4.08. The molecule has 0 radical (unpaired) electrons. The summed E-state index contributed by atoms with van der Waals surface area (Å²) < 4.78 is 5.46. The summed E-state index contributed by atoms with van der Waals surface area (Å²) in [6.45, 7) is 1.90. The molecule has 12 heavy (non-hydrogen) atoms. The van der Waals surface area contributed by atoms with Crippen LogP contribution in [0.25, 0.3) is 0 Å². The summed E-state index contributed by atoms with van der Waals surface area (Å²) in [5.74, 6) is -1.06. The van der Waals surface area contributed by atoms with E-state index >= 15 is 0 Å². The van der Waals surface area contributed by atoms with E-state index in [1.54, 1.807) is 0 Å². The van der Waals surface area contributed by atoms with E-state index in [1.807, 2.05) is 6.92 Å². The van der Waals surface area contributed by atoms with E-state index in [0.717, 1.165) is 12.8 Å². The van der Waals surface area contributed by atoms with Crippen molar-refractivity contribution >= 4 is 0 Å². The van der Waals surface area contributed by atoms with E-state index in [4.69, 9.17) is 4.74 Å². The third-order valence-corrected chi connectivity index (χ3v) is 3.07. The van der Waals surface area contributed by atoms with Crippen LogP contribution < -0.4 is 0 Å². The zero-order valence-corrected chi connectivity index (χ0v) is 7.36. The molecular weight excluding hydrogens is 156 g/mol. The molecule has 1 saturated heterocycles. The Balaban J connectivity index is 2.17. The van der Waals surface area contributed by atoms with Crippen LogP contribution in [0, 0.1) is 5.92 Å². The van der Waals surface area contributed by atoms with Crippen molar-refractivity contribution in [3.05, 3.63) is 0 Å². The molecule has 1 aliphatic carbocycles. The van der Waals surface area contributed by atoms with Gasteiger partial charge in [-0.3, -0.25) is 0 Å². The van der Waals surface area contributed by atoms with Crippen LogP contribution in [0.1, 0.15) is 32.6 Å². The molecule has 0 unspecified atom stereocenters. The fraction of sp³-hybridized carbons (Fsp3) is 1.00. The van der Waals surface area contributed by atoms with Gasteiger partial charge in [0.15, 0.2) is 5.79 Å². The van der Waals surface area contributed by atoms with Gasteiger partial charge in [-0.1, -0.05) is 0 Å². The first-order chi connectivity index (χ1) is 5.62. The highest BCUT2D eigenvalue weighted by atomic mass is 16.6. The minimum absolute atomic E-state index is 0.0145. The number of hydrogen-bond acceptors (Lipinski definition) is 3. The second-order valence-electron chi connectivity index (χ2n) is 4.08. The summed E-state index contributed by atoms with van der Waals surface area (Å²) in [6.07, 6.45) is 2.81. The molecule has 3 nitrogen and oxygen atoms in total. The van der Waals surface area contributed by atoms with Crippen molar-refractivity contribution in [1.82, 2.24) is 0 Å². The Labute approximate surface area is 72.3 Å². The minimum Gasteiger partial charge on any atom is -0.393 e. The van der Waals surface area contributed by atoms with Gasteiger partial charge in [-0.2, -0.15) is 0 Å². The molecule has 1 saturated carbocycles. The summed E-state index contributed by atoms with van der Waals surface area (Å²) in [4.78, 5) is 0. The van der Waals surface area contributed by atoms with Crippen molar-refractivity contribution in [1.29, 1.82) is 0 Å². The summed E-state index contributed by atoms with van der Waals surface area (Å²) in [5.41, 5.74) is 0. The van der Waals surface area contributed by atoms with Gasteiger partial charge < -0.3 is 14.9 Å². The number of hydrogen-bond donors (Lipinski definition) is 2. The average Bonchev–Trinajstić information content (AvgIpc) is 2.29. The van der Waals surface area contributed by atoms with E-state index in [-0.39, 0.29) is 18.1 Å². The first-order valence-electron chi connectivity index (χ1n) is 4.70. The van der Waals surface area contributed by atoms with Gasteiger partial charge in [0.05, 0.1) is 12.2 Å². The molecule has 2 rings (SSSR count). The van der Waals surface area contributed by atoms with Crippen LogP contribution in [0.2, 0.25) is 0 Å². The third-order valence-electron chi connectivity index (χ3n) is 3.07. The van der Waals surface area contributed by atoms with Gasteiger partial charge in [-0.05, 0) is 26.2 Å². The molecule has 0 aromatic rings. The first-order valence-corrected chi connectivity index (χ1v) is 4.70. The Morgan fingerprint density at radius 1 is 1.50 bits per heavy atom. The minimum atomic E-state index is -1.02. The van der Waals surface area contributed by atoms with Crippen LogP contribution >= 0.6 is 0 Å². The molecule has 0 bridgehead atoms. The maximum Gasteiger partial charge on any atom is 0.171 e. The van der Waals surface area contributed by atoms with E-state index in [1.165, 1.54) is 0 Å². The third kappa shape index (κ3) is 1.16. The van der Waals surface area contributed by atoms with E-state index in [0.29, 0.717) is 12.8 Å². The molecule has 3 heteroatoms. The number of fused-ring (bicyclic) bond motifs is 1. The second kappa shape index (κ2) is 2.69. The van der Waals surface area contributed by atoms with Gasteiger partial charge in [-0.25, -0.2) is 0 Å². The predicted octanol–water partition coefficient (Wildman–Crippen LogP) is 0.645. The molecule has 1 heterocycles. The fourth-order valence-corrected chi connectivity index (χ4v) is 2.53. The van der Waals surface area contributed by atoms with Crippen LogP contribution in [-0.2, 0) is 4.74 Å². The lowest BCUT2D eigenvalue weighted by molar-refractivity contribution is -0.289. The lowest BCUT2D eigenvalue weighted by Gasteiger charge is -2.41. The number of aliphatic hydroxyl groups excluding tert-OH is 1. The Morgan fingerprint density at radius 3 is 3.00 bits per heavy atom. The van der Waals surface area contributed by atoms with Crippen LogP contribution in [0.4, 0.5) is 0 Å². The zero-order valence-electron chi connectivity index (χ0n) is 7.36. The highest BCUT2D eigenvalue weighted by Crippen LogP contribution is 2.44. The van der Waals surface area contributed by atoms with Gasteiger partial charge in [-0.15, -0.1) is 0 Å². The maximum absolute atomic E-state index is 9.97. The molecule has 2 N–H and O–H groups in total. The van der Waals surface area contributed by atoms with E-state index in [9.17, 15) is 10.2 Å². The molecule has 4 atom stereocenters. The lowest BCUT2D eigenvalue weighted by atomic mass is 9.89. The topological polar surface area (TPSA) is 49.7 Å². The average molecular weight is 172 g/mol. The molecule has 2 aliphatic rings.